The van der Waals surface area contributed by atoms with Gasteiger partial charge in [-0.15, -0.1) is 11.3 Å². The van der Waals surface area contributed by atoms with E-state index < -0.39 is 11.8 Å². The number of fused-ring (bicyclic) bond motifs is 1. The number of hydrogen-bond donors (Lipinski definition) is 1. The Labute approximate surface area is 181 Å². The van der Waals surface area contributed by atoms with Gasteiger partial charge in [0.05, 0.1) is 22.2 Å². The molecule has 0 bridgehead atoms. The van der Waals surface area contributed by atoms with Crippen molar-refractivity contribution >= 4 is 45.6 Å². The average molecular weight is 435 g/mol. The van der Waals surface area contributed by atoms with Gasteiger partial charge in [-0.3, -0.25) is 0 Å². The second-order valence-corrected chi connectivity index (χ2v) is 8.95. The Hall–Kier alpha value is -2.87. The van der Waals surface area contributed by atoms with Gasteiger partial charge < -0.3 is 9.84 Å². The summed E-state index contributed by atoms with van der Waals surface area (Å²) in [5.74, 6) is -2.32. The highest BCUT2D eigenvalue weighted by molar-refractivity contribution is 7.10. The van der Waals surface area contributed by atoms with Crippen LogP contribution in [0.3, 0.4) is 0 Å². The second-order valence-electron chi connectivity index (χ2n) is 7.51. The lowest BCUT2D eigenvalue weighted by Gasteiger charge is -2.24. The minimum absolute atomic E-state index is 0.388. The molecule has 1 aliphatic rings. The highest BCUT2D eigenvalue weighted by Crippen LogP contribution is 2.46. The van der Waals surface area contributed by atoms with Crippen molar-refractivity contribution in [2.24, 2.45) is 0 Å². The molecule has 30 heavy (non-hydrogen) atoms. The van der Waals surface area contributed by atoms with E-state index in [1.807, 2.05) is 67.8 Å². The van der Waals surface area contributed by atoms with E-state index in [1.54, 1.807) is 0 Å². The molecule has 1 N–H and O–H groups in total. The molecule has 0 aliphatic carbocycles. The highest BCUT2D eigenvalue weighted by Gasteiger charge is 2.49. The van der Waals surface area contributed by atoms with Crippen LogP contribution in [0, 0.1) is 13.8 Å². The first kappa shape index (κ1) is 19.1. The van der Waals surface area contributed by atoms with Crippen LogP contribution in [0.1, 0.15) is 27.1 Å². The number of hydrogen-bond acceptors (Lipinski definition) is 7. The summed E-state index contributed by atoms with van der Waals surface area (Å²) in [5, 5.41) is 13.6. The number of nitrogens with zero attached hydrogens (tertiary/aromatic N) is 2. The smallest absolute Gasteiger partial charge is 0.342 e. The van der Waals surface area contributed by atoms with Gasteiger partial charge in [-0.2, -0.15) is 8.75 Å². The summed E-state index contributed by atoms with van der Waals surface area (Å²) in [6.45, 7) is 3.98. The van der Waals surface area contributed by atoms with E-state index in [0.717, 1.165) is 39.5 Å². The molecule has 1 atom stereocenters. The number of thiophene rings is 1. The lowest BCUT2D eigenvalue weighted by atomic mass is 9.90. The summed E-state index contributed by atoms with van der Waals surface area (Å²) in [4.78, 5) is 13.6. The lowest BCUT2D eigenvalue weighted by Crippen LogP contribution is -2.28. The topological polar surface area (TPSA) is 72.3 Å². The number of rotatable bonds is 4. The van der Waals surface area contributed by atoms with E-state index in [1.165, 1.54) is 11.3 Å². The van der Waals surface area contributed by atoms with Gasteiger partial charge >= 0.3 is 5.97 Å². The van der Waals surface area contributed by atoms with Gasteiger partial charge in [0.25, 0.3) is 5.79 Å². The van der Waals surface area contributed by atoms with Crippen LogP contribution < -0.4 is 0 Å². The summed E-state index contributed by atoms with van der Waals surface area (Å²) < 4.78 is 14.2. The van der Waals surface area contributed by atoms with Crippen LogP contribution in [0.15, 0.2) is 59.5 Å². The van der Waals surface area contributed by atoms with Gasteiger partial charge in [-0.1, -0.05) is 35.9 Å². The van der Waals surface area contributed by atoms with Gasteiger partial charge in [-0.05, 0) is 54.1 Å². The number of aliphatic hydroxyl groups is 1. The third-order valence-corrected chi connectivity index (χ3v) is 6.96. The predicted molar refractivity (Wildman–Crippen MR) is 118 cm³/mol. The van der Waals surface area contributed by atoms with E-state index in [2.05, 4.69) is 8.75 Å². The maximum Gasteiger partial charge on any atom is 0.342 e. The zero-order chi connectivity index (χ0) is 20.9. The average Bonchev–Trinajstić information content (AvgIpc) is 3.42. The first-order chi connectivity index (χ1) is 14.4. The standard InChI is InChI=1S/C23H18N2O3S2/c1-13-3-5-15(6-4-13)10-17-21(16-7-8-18-19(11-16)25-30-24-18)22(26)28-23(17,27)20-9-14(2)12-29-20/h3-9,11-12,27H,10H2,1-2H3. The first-order valence-electron chi connectivity index (χ1n) is 9.47. The fourth-order valence-corrected chi connectivity index (χ4v) is 5.17. The van der Waals surface area contributed by atoms with Crippen LogP contribution in [0.2, 0.25) is 0 Å². The van der Waals surface area contributed by atoms with Gasteiger partial charge in [-0.25, -0.2) is 4.79 Å². The van der Waals surface area contributed by atoms with Crippen LogP contribution in [0.4, 0.5) is 0 Å². The quantitative estimate of drug-likeness (QED) is 0.469. The third kappa shape index (κ3) is 3.15. The van der Waals surface area contributed by atoms with Crippen LogP contribution in [0.25, 0.3) is 16.6 Å². The fourth-order valence-electron chi connectivity index (χ4n) is 3.70. The summed E-state index contributed by atoms with van der Waals surface area (Å²) in [6.07, 6.45) is 0.391. The Bertz CT molecular complexity index is 1300. The Morgan fingerprint density at radius 2 is 1.77 bits per heavy atom. The van der Waals surface area contributed by atoms with Gasteiger partial charge in [0, 0.05) is 12.0 Å². The molecule has 0 spiro atoms. The molecule has 5 rings (SSSR count). The Morgan fingerprint density at radius 3 is 2.50 bits per heavy atom. The fraction of sp³-hybridized carbons (Fsp3) is 0.174. The van der Waals surface area contributed by atoms with E-state index in [9.17, 15) is 9.90 Å². The van der Waals surface area contributed by atoms with E-state index in [-0.39, 0.29) is 0 Å². The number of ether oxygens (including phenoxy) is 1. The van der Waals surface area contributed by atoms with Crippen molar-refractivity contribution in [2.75, 3.05) is 0 Å². The first-order valence-corrected chi connectivity index (χ1v) is 11.1. The number of cyclic esters (lactones) is 1. The minimum atomic E-state index is -1.79. The van der Waals surface area contributed by atoms with E-state index in [0.29, 0.717) is 28.0 Å². The lowest BCUT2D eigenvalue weighted by molar-refractivity contribution is -0.184. The summed E-state index contributed by atoms with van der Waals surface area (Å²) in [5.41, 5.74) is 6.26. The van der Waals surface area contributed by atoms with Crippen LogP contribution in [-0.2, 0) is 21.7 Å². The number of carbonyl (C=O) groups is 1. The van der Waals surface area contributed by atoms with Crippen LogP contribution >= 0.6 is 23.1 Å². The molecular formula is C23H18N2O3S2. The van der Waals surface area contributed by atoms with E-state index >= 15 is 0 Å². The zero-order valence-corrected chi connectivity index (χ0v) is 18.0. The number of aromatic nitrogens is 2. The van der Waals surface area contributed by atoms with Gasteiger partial charge in [0.15, 0.2) is 0 Å². The third-order valence-electron chi connectivity index (χ3n) is 5.26. The van der Waals surface area contributed by atoms with Crippen molar-refractivity contribution in [1.82, 2.24) is 8.75 Å². The van der Waals surface area contributed by atoms with Crippen LogP contribution in [0.5, 0.6) is 0 Å². The zero-order valence-electron chi connectivity index (χ0n) is 16.4. The van der Waals surface area contributed by atoms with Gasteiger partial charge in [0.1, 0.15) is 11.0 Å². The SMILES string of the molecule is Cc1ccc(CC2=C(c3ccc4nsnc4c3)C(=O)OC2(O)c2cc(C)cs2)cc1. The Morgan fingerprint density at radius 1 is 1.00 bits per heavy atom. The summed E-state index contributed by atoms with van der Waals surface area (Å²) in [7, 11) is 0. The van der Waals surface area contributed by atoms with Crippen molar-refractivity contribution in [3.05, 3.63) is 86.6 Å². The summed E-state index contributed by atoms with van der Waals surface area (Å²) >= 11 is 2.51. The number of aryl methyl sites for hydroxylation is 2. The molecule has 0 fully saturated rings. The minimum Gasteiger partial charge on any atom is -0.420 e. The summed E-state index contributed by atoms with van der Waals surface area (Å²) in [6, 6.07) is 15.4. The molecule has 3 heterocycles. The molecule has 0 saturated heterocycles. The number of benzene rings is 2. The van der Waals surface area contributed by atoms with Gasteiger partial charge in [0.2, 0.25) is 0 Å². The van der Waals surface area contributed by atoms with Crippen molar-refractivity contribution in [3.63, 3.8) is 0 Å². The second kappa shape index (κ2) is 7.12. The molecular weight excluding hydrogens is 416 g/mol. The Balaban J connectivity index is 1.70. The van der Waals surface area contributed by atoms with Crippen molar-refractivity contribution in [2.45, 2.75) is 26.1 Å². The maximum absolute atomic E-state index is 13.0. The molecule has 2 aromatic heterocycles. The molecule has 0 saturated carbocycles. The molecule has 0 radical (unpaired) electrons. The molecule has 2 aromatic carbocycles. The molecule has 0 amide bonds. The maximum atomic E-state index is 13.0. The molecule has 7 heteroatoms. The van der Waals surface area contributed by atoms with E-state index in [4.69, 9.17) is 4.74 Å². The van der Waals surface area contributed by atoms with Crippen molar-refractivity contribution in [3.8, 4) is 0 Å². The highest BCUT2D eigenvalue weighted by atomic mass is 32.1. The largest absolute Gasteiger partial charge is 0.420 e. The van der Waals surface area contributed by atoms with Crippen molar-refractivity contribution in [1.29, 1.82) is 0 Å². The molecule has 5 nitrogen and oxygen atoms in total. The molecule has 1 unspecified atom stereocenters. The monoisotopic (exact) mass is 434 g/mol. The van der Waals surface area contributed by atoms with Crippen LogP contribution in [-0.4, -0.2) is 19.8 Å². The number of carbonyl (C=O) groups excluding carboxylic acids is 1. The molecule has 150 valence electrons. The Kier molecular flexibility index (Phi) is 4.54. The predicted octanol–water partition coefficient (Wildman–Crippen LogP) is 4.77. The number of esters is 1. The molecule has 1 aliphatic heterocycles. The molecule has 4 aromatic rings. The van der Waals surface area contributed by atoms with Crippen molar-refractivity contribution < 1.29 is 14.6 Å². The normalized spacial score (nSPS) is 19.0.